The van der Waals surface area contributed by atoms with Crippen LogP contribution in [0.2, 0.25) is 0 Å². The molecule has 2 aromatic rings. The van der Waals surface area contributed by atoms with E-state index in [1.54, 1.807) is 26.2 Å². The van der Waals surface area contributed by atoms with Crippen LogP contribution in [0.3, 0.4) is 0 Å². The minimum absolute atomic E-state index is 0.0522. The standard InChI is InChI=1S/C28H37FN2O2/c1-7-9-16-30-28(31-26(21(5)32)15-10-19(3)8-2)25-17-23(18-27(33-6)20(25)4)22-11-13-24(29)14-12-22/h9,11-14,16-19,26H,7-8,10,15H2,1-6H3,(H,30,31)/b16-9+. The number of halogens is 1. The number of nitrogens with zero attached hydrogens (tertiary/aromatic N) is 1. The SMILES string of the molecule is CC/C=C/NC(=NC(CCC(C)CC)C(C)=O)c1cc(-c2ccc(F)cc2)cc(OC)c1C. The van der Waals surface area contributed by atoms with Crippen molar-refractivity contribution in [3.8, 4) is 16.9 Å². The average Bonchev–Trinajstić information content (AvgIpc) is 2.81. The van der Waals surface area contributed by atoms with Crippen LogP contribution in [-0.4, -0.2) is 24.8 Å². The Hall–Kier alpha value is -2.95. The average molecular weight is 453 g/mol. The minimum Gasteiger partial charge on any atom is -0.496 e. The Labute approximate surface area is 198 Å². The Morgan fingerprint density at radius 3 is 2.42 bits per heavy atom. The molecule has 5 heteroatoms. The topological polar surface area (TPSA) is 50.7 Å². The van der Waals surface area contributed by atoms with Gasteiger partial charge in [-0.05, 0) is 80.6 Å². The second-order valence-electron chi connectivity index (χ2n) is 8.51. The number of allylic oxidation sites excluding steroid dienone is 1. The number of hydrogen-bond acceptors (Lipinski definition) is 3. The molecule has 0 heterocycles. The van der Waals surface area contributed by atoms with Crippen molar-refractivity contribution < 1.29 is 13.9 Å². The van der Waals surface area contributed by atoms with Gasteiger partial charge in [0.1, 0.15) is 23.4 Å². The molecule has 0 saturated heterocycles. The number of nitrogens with one attached hydrogen (secondary N) is 1. The zero-order chi connectivity index (χ0) is 24.4. The number of methoxy groups -OCH3 is 1. The van der Waals surface area contributed by atoms with E-state index in [9.17, 15) is 9.18 Å². The van der Waals surface area contributed by atoms with E-state index in [0.717, 1.165) is 41.5 Å². The summed E-state index contributed by atoms with van der Waals surface area (Å²) in [6.07, 6.45) is 7.48. The maximum atomic E-state index is 13.5. The first-order valence-corrected chi connectivity index (χ1v) is 11.7. The van der Waals surface area contributed by atoms with E-state index in [-0.39, 0.29) is 11.6 Å². The summed E-state index contributed by atoms with van der Waals surface area (Å²) in [6, 6.07) is 9.92. The van der Waals surface area contributed by atoms with Gasteiger partial charge in [0, 0.05) is 11.1 Å². The number of ether oxygens (including phenoxy) is 1. The summed E-state index contributed by atoms with van der Waals surface area (Å²) in [7, 11) is 1.63. The van der Waals surface area contributed by atoms with E-state index in [4.69, 9.17) is 9.73 Å². The second-order valence-corrected chi connectivity index (χ2v) is 8.51. The maximum absolute atomic E-state index is 13.5. The van der Waals surface area contributed by atoms with Gasteiger partial charge in [0.25, 0.3) is 0 Å². The smallest absolute Gasteiger partial charge is 0.154 e. The van der Waals surface area contributed by atoms with Crippen LogP contribution in [0.5, 0.6) is 5.75 Å². The van der Waals surface area contributed by atoms with Crippen LogP contribution in [0.1, 0.15) is 64.5 Å². The van der Waals surface area contributed by atoms with Crippen molar-refractivity contribution in [1.29, 1.82) is 0 Å². The molecule has 0 spiro atoms. The van der Waals surface area contributed by atoms with Crippen molar-refractivity contribution in [2.75, 3.05) is 7.11 Å². The number of aliphatic imine (C=N–C) groups is 1. The van der Waals surface area contributed by atoms with Crippen LogP contribution in [-0.2, 0) is 4.79 Å². The zero-order valence-corrected chi connectivity index (χ0v) is 20.7. The Balaban J connectivity index is 2.60. The number of benzene rings is 2. The summed E-state index contributed by atoms with van der Waals surface area (Å²) >= 11 is 0. The summed E-state index contributed by atoms with van der Waals surface area (Å²) in [6.45, 7) is 10.0. The molecular formula is C28H37FN2O2. The molecule has 0 aromatic heterocycles. The summed E-state index contributed by atoms with van der Waals surface area (Å²) < 4.78 is 19.1. The summed E-state index contributed by atoms with van der Waals surface area (Å²) in [5, 5.41) is 3.31. The van der Waals surface area contributed by atoms with E-state index in [1.807, 2.05) is 31.3 Å². The predicted octanol–water partition coefficient (Wildman–Crippen LogP) is 6.85. The highest BCUT2D eigenvalue weighted by Crippen LogP contribution is 2.31. The number of hydrogen-bond donors (Lipinski definition) is 1. The first-order valence-electron chi connectivity index (χ1n) is 11.7. The van der Waals surface area contributed by atoms with Gasteiger partial charge in [-0.1, -0.05) is 45.4 Å². The summed E-state index contributed by atoms with van der Waals surface area (Å²) in [5.41, 5.74) is 3.53. The third-order valence-electron chi connectivity index (χ3n) is 5.97. The van der Waals surface area contributed by atoms with Gasteiger partial charge in [-0.2, -0.15) is 0 Å². The molecule has 0 saturated carbocycles. The molecule has 1 N–H and O–H groups in total. The van der Waals surface area contributed by atoms with E-state index < -0.39 is 6.04 Å². The molecule has 2 unspecified atom stereocenters. The molecule has 2 atom stereocenters. The van der Waals surface area contributed by atoms with Crippen LogP contribution in [0.4, 0.5) is 4.39 Å². The van der Waals surface area contributed by atoms with Crippen LogP contribution in [0.15, 0.2) is 53.7 Å². The molecule has 0 fully saturated rings. The van der Waals surface area contributed by atoms with Crippen LogP contribution in [0.25, 0.3) is 11.1 Å². The van der Waals surface area contributed by atoms with Gasteiger partial charge in [-0.3, -0.25) is 9.79 Å². The Bertz CT molecular complexity index is 980. The molecule has 2 rings (SSSR count). The second kappa shape index (κ2) is 12.9. The van der Waals surface area contributed by atoms with Gasteiger partial charge in [-0.15, -0.1) is 0 Å². The molecule has 0 aliphatic carbocycles. The van der Waals surface area contributed by atoms with E-state index in [2.05, 4.69) is 26.1 Å². The Morgan fingerprint density at radius 2 is 1.85 bits per heavy atom. The predicted molar refractivity (Wildman–Crippen MR) is 135 cm³/mol. The first-order chi connectivity index (χ1) is 15.8. The molecule has 0 radical (unpaired) electrons. The number of carbonyl (C=O) groups excluding carboxylic acids is 1. The Kier molecular flexibility index (Phi) is 10.3. The number of rotatable bonds is 11. The molecule has 0 aliphatic heterocycles. The minimum atomic E-state index is -0.420. The summed E-state index contributed by atoms with van der Waals surface area (Å²) in [5.74, 6) is 1.65. The van der Waals surface area contributed by atoms with Crippen molar-refractivity contribution >= 4 is 11.6 Å². The highest BCUT2D eigenvalue weighted by atomic mass is 19.1. The highest BCUT2D eigenvalue weighted by molar-refractivity contribution is 6.03. The normalized spacial score (nSPS) is 13.7. The van der Waals surface area contributed by atoms with Gasteiger partial charge in [-0.25, -0.2) is 4.39 Å². The van der Waals surface area contributed by atoms with Crippen molar-refractivity contribution in [2.45, 2.75) is 66.3 Å². The third-order valence-corrected chi connectivity index (χ3v) is 5.97. The maximum Gasteiger partial charge on any atom is 0.154 e. The zero-order valence-electron chi connectivity index (χ0n) is 20.7. The number of amidine groups is 1. The molecular weight excluding hydrogens is 415 g/mol. The van der Waals surface area contributed by atoms with Crippen LogP contribution in [0, 0.1) is 18.7 Å². The lowest BCUT2D eigenvalue weighted by Gasteiger charge is -2.19. The van der Waals surface area contributed by atoms with Crippen LogP contribution >= 0.6 is 0 Å². The van der Waals surface area contributed by atoms with Gasteiger partial charge < -0.3 is 10.1 Å². The third kappa shape index (κ3) is 7.55. The van der Waals surface area contributed by atoms with Crippen molar-refractivity contribution in [2.24, 2.45) is 10.9 Å². The molecule has 2 aromatic carbocycles. The van der Waals surface area contributed by atoms with E-state index >= 15 is 0 Å². The van der Waals surface area contributed by atoms with E-state index in [0.29, 0.717) is 23.9 Å². The molecule has 0 bridgehead atoms. The van der Waals surface area contributed by atoms with Gasteiger partial charge >= 0.3 is 0 Å². The first kappa shape index (κ1) is 26.3. The fourth-order valence-corrected chi connectivity index (χ4v) is 3.56. The van der Waals surface area contributed by atoms with Crippen molar-refractivity contribution in [3.63, 3.8) is 0 Å². The largest absolute Gasteiger partial charge is 0.496 e. The molecule has 4 nitrogen and oxygen atoms in total. The van der Waals surface area contributed by atoms with E-state index in [1.165, 1.54) is 12.1 Å². The lowest BCUT2D eigenvalue weighted by molar-refractivity contribution is -0.118. The highest BCUT2D eigenvalue weighted by Gasteiger charge is 2.19. The fraction of sp³-hybridized carbons (Fsp3) is 0.429. The van der Waals surface area contributed by atoms with Crippen LogP contribution < -0.4 is 10.1 Å². The monoisotopic (exact) mass is 452 g/mol. The van der Waals surface area contributed by atoms with Gasteiger partial charge in [0.05, 0.1) is 7.11 Å². The lowest BCUT2D eigenvalue weighted by atomic mass is 9.96. The lowest BCUT2D eigenvalue weighted by Crippen LogP contribution is -2.26. The molecule has 0 amide bonds. The van der Waals surface area contributed by atoms with Gasteiger partial charge in [0.2, 0.25) is 0 Å². The summed E-state index contributed by atoms with van der Waals surface area (Å²) in [4.78, 5) is 17.4. The molecule has 33 heavy (non-hydrogen) atoms. The quantitative estimate of drug-likeness (QED) is 0.299. The van der Waals surface area contributed by atoms with Crippen molar-refractivity contribution in [1.82, 2.24) is 5.32 Å². The molecule has 178 valence electrons. The van der Waals surface area contributed by atoms with Crippen molar-refractivity contribution in [3.05, 3.63) is 65.6 Å². The Morgan fingerprint density at radius 1 is 1.15 bits per heavy atom. The number of Topliss-reactive ketones (excluding diaryl/α,β-unsaturated/α-hetero) is 1. The number of ketones is 1. The fourth-order valence-electron chi connectivity index (χ4n) is 3.56. The van der Waals surface area contributed by atoms with Gasteiger partial charge in [0.15, 0.2) is 5.78 Å². The molecule has 0 aliphatic rings. The number of carbonyl (C=O) groups is 1.